The summed E-state index contributed by atoms with van der Waals surface area (Å²) in [5, 5.41) is 0. The van der Waals surface area contributed by atoms with Crippen LogP contribution in [0.15, 0.2) is 12.4 Å². The van der Waals surface area contributed by atoms with Crippen molar-refractivity contribution in [2.24, 2.45) is 5.92 Å². The summed E-state index contributed by atoms with van der Waals surface area (Å²) < 4.78 is 0. The zero-order valence-electron chi connectivity index (χ0n) is 18.8. The van der Waals surface area contributed by atoms with Crippen molar-refractivity contribution < 1.29 is 28.9 Å². The standard InChI is InChI=1S/C21H44N4.HI/c1-10-22(18(4)5)11-12-23-13-14-24(21(23)17(2)3)15-16-25(19(6)7)20(8)9;/h13-14,17-21H,10-12,15-16H2,1-9H3;1H. The molecule has 0 amide bonds. The largest absolute Gasteiger partial charge is 1.00 e. The highest BCUT2D eigenvalue weighted by Gasteiger charge is 2.34. The molecule has 1 heterocycles. The summed E-state index contributed by atoms with van der Waals surface area (Å²) >= 11 is 0. The maximum Gasteiger partial charge on any atom is 0.169 e. The van der Waals surface area contributed by atoms with Crippen LogP contribution >= 0.6 is 0 Å². The molecule has 2 atom stereocenters. The lowest BCUT2D eigenvalue weighted by Crippen LogP contribution is -3.13. The van der Waals surface area contributed by atoms with Gasteiger partial charge in [-0.25, -0.2) is 0 Å². The summed E-state index contributed by atoms with van der Waals surface area (Å²) in [5.74, 6) is 0.658. The normalized spacial score (nSPS) is 20.5. The third-order valence-electron chi connectivity index (χ3n) is 5.62. The summed E-state index contributed by atoms with van der Waals surface area (Å²) in [6.07, 6.45) is 5.32. The van der Waals surface area contributed by atoms with E-state index >= 15 is 0 Å². The van der Waals surface area contributed by atoms with Crippen molar-refractivity contribution in [3.63, 3.8) is 0 Å². The van der Waals surface area contributed by atoms with E-state index in [4.69, 9.17) is 0 Å². The van der Waals surface area contributed by atoms with Crippen LogP contribution in [0.5, 0.6) is 0 Å². The molecule has 156 valence electrons. The van der Waals surface area contributed by atoms with Gasteiger partial charge in [-0.3, -0.25) is 14.7 Å². The number of hydrogen-bond acceptors (Lipinski definition) is 3. The van der Waals surface area contributed by atoms with Crippen molar-refractivity contribution in [1.82, 2.24) is 14.7 Å². The monoisotopic (exact) mass is 480 g/mol. The predicted octanol–water partition coefficient (Wildman–Crippen LogP) is -0.507. The van der Waals surface area contributed by atoms with Gasteiger partial charge < -0.3 is 28.9 Å². The third-order valence-corrected chi connectivity index (χ3v) is 5.62. The average molecular weight is 481 g/mol. The number of halogens is 1. The minimum atomic E-state index is 0. The van der Waals surface area contributed by atoms with Crippen LogP contribution in [0.1, 0.15) is 62.3 Å². The Morgan fingerprint density at radius 1 is 0.923 bits per heavy atom. The van der Waals surface area contributed by atoms with Crippen molar-refractivity contribution in [1.29, 1.82) is 0 Å². The quantitative estimate of drug-likeness (QED) is 0.401. The highest BCUT2D eigenvalue weighted by Crippen LogP contribution is 2.12. The Kier molecular flexibility index (Phi) is 12.6. The highest BCUT2D eigenvalue weighted by atomic mass is 127. The van der Waals surface area contributed by atoms with E-state index in [1.807, 2.05) is 0 Å². The minimum absolute atomic E-state index is 0. The van der Waals surface area contributed by atoms with Gasteiger partial charge in [0.05, 0.1) is 12.7 Å². The van der Waals surface area contributed by atoms with Gasteiger partial charge in [-0.1, -0.05) is 20.8 Å². The van der Waals surface area contributed by atoms with Crippen molar-refractivity contribution in [2.45, 2.75) is 86.6 Å². The number of nitrogens with zero attached hydrogens (tertiary/aromatic N) is 3. The molecule has 0 aliphatic carbocycles. The van der Waals surface area contributed by atoms with Gasteiger partial charge in [-0.05, 0) is 48.1 Å². The second-order valence-corrected chi connectivity index (χ2v) is 8.71. The SMILES string of the molecule is CCN(CC[NH+]1C=CN(CCN(C(C)C)C(C)C)C1C(C)C)C(C)C.[I-]. The summed E-state index contributed by atoms with van der Waals surface area (Å²) in [6, 6.07) is 1.85. The lowest BCUT2D eigenvalue weighted by molar-refractivity contribution is -0.881. The van der Waals surface area contributed by atoms with E-state index < -0.39 is 0 Å². The van der Waals surface area contributed by atoms with E-state index in [1.54, 1.807) is 4.90 Å². The molecule has 1 rings (SSSR count). The number of rotatable bonds is 11. The van der Waals surface area contributed by atoms with Crippen LogP contribution in [-0.4, -0.2) is 71.7 Å². The molecule has 0 saturated heterocycles. The zero-order valence-corrected chi connectivity index (χ0v) is 21.0. The molecule has 5 heteroatoms. The second-order valence-electron chi connectivity index (χ2n) is 8.71. The minimum Gasteiger partial charge on any atom is -1.00 e. The number of quaternary nitrogens is 1. The van der Waals surface area contributed by atoms with Crippen molar-refractivity contribution in [3.05, 3.63) is 12.4 Å². The summed E-state index contributed by atoms with van der Waals surface area (Å²) in [6.45, 7) is 26.6. The highest BCUT2D eigenvalue weighted by molar-refractivity contribution is 4.87. The van der Waals surface area contributed by atoms with E-state index in [-0.39, 0.29) is 24.0 Å². The molecule has 0 bridgehead atoms. The fourth-order valence-corrected chi connectivity index (χ4v) is 4.25. The topological polar surface area (TPSA) is 14.2 Å². The molecule has 0 radical (unpaired) electrons. The summed E-state index contributed by atoms with van der Waals surface area (Å²) in [4.78, 5) is 9.37. The van der Waals surface area contributed by atoms with Crippen LogP contribution in [0.3, 0.4) is 0 Å². The molecule has 0 aromatic heterocycles. The first-order valence-electron chi connectivity index (χ1n) is 10.5. The maximum absolute atomic E-state index is 2.60. The van der Waals surface area contributed by atoms with Crippen LogP contribution in [0.2, 0.25) is 0 Å². The van der Waals surface area contributed by atoms with Gasteiger partial charge in [0.25, 0.3) is 0 Å². The Morgan fingerprint density at radius 2 is 1.50 bits per heavy atom. The fourth-order valence-electron chi connectivity index (χ4n) is 4.25. The third kappa shape index (κ3) is 7.64. The first-order chi connectivity index (χ1) is 11.7. The van der Waals surface area contributed by atoms with Gasteiger partial charge >= 0.3 is 0 Å². The van der Waals surface area contributed by atoms with Crippen molar-refractivity contribution in [3.8, 4) is 0 Å². The van der Waals surface area contributed by atoms with E-state index in [0.717, 1.165) is 19.6 Å². The molecule has 0 aromatic carbocycles. The molecule has 1 N–H and O–H groups in total. The van der Waals surface area contributed by atoms with Gasteiger partial charge in [-0.15, -0.1) is 0 Å². The van der Waals surface area contributed by atoms with Crippen molar-refractivity contribution in [2.75, 3.05) is 32.7 Å². The van der Waals surface area contributed by atoms with E-state index in [9.17, 15) is 0 Å². The molecule has 0 aromatic rings. The maximum atomic E-state index is 2.60. The van der Waals surface area contributed by atoms with E-state index in [2.05, 4.69) is 89.4 Å². The van der Waals surface area contributed by atoms with Gasteiger partial charge in [-0.2, -0.15) is 0 Å². The van der Waals surface area contributed by atoms with Crippen LogP contribution in [-0.2, 0) is 0 Å². The molecular formula is C21H45IN4. The molecule has 1 aliphatic rings. The van der Waals surface area contributed by atoms with Gasteiger partial charge in [0.2, 0.25) is 0 Å². The first kappa shape index (κ1) is 26.1. The van der Waals surface area contributed by atoms with E-state index in [0.29, 0.717) is 30.2 Å². The predicted molar refractivity (Wildman–Crippen MR) is 110 cm³/mol. The zero-order chi connectivity index (χ0) is 19.1. The van der Waals surface area contributed by atoms with Crippen LogP contribution in [0, 0.1) is 5.92 Å². The Balaban J connectivity index is 0.00000625. The molecule has 2 unspecified atom stereocenters. The smallest absolute Gasteiger partial charge is 0.169 e. The number of hydrogen-bond donors (Lipinski definition) is 1. The second kappa shape index (κ2) is 12.6. The molecule has 0 saturated carbocycles. The van der Waals surface area contributed by atoms with Gasteiger partial charge in [0.15, 0.2) is 6.17 Å². The van der Waals surface area contributed by atoms with Gasteiger partial charge in [0, 0.05) is 43.7 Å². The van der Waals surface area contributed by atoms with Gasteiger partial charge in [0.1, 0.15) is 6.20 Å². The molecule has 1 aliphatic heterocycles. The van der Waals surface area contributed by atoms with Crippen LogP contribution in [0.25, 0.3) is 0 Å². The Morgan fingerprint density at radius 3 is 1.92 bits per heavy atom. The first-order valence-corrected chi connectivity index (χ1v) is 10.5. The average Bonchev–Trinajstić information content (AvgIpc) is 2.90. The molecule has 4 nitrogen and oxygen atoms in total. The lowest BCUT2D eigenvalue weighted by Gasteiger charge is -2.36. The summed E-state index contributed by atoms with van der Waals surface area (Å²) in [5.41, 5.74) is 0. The van der Waals surface area contributed by atoms with Crippen LogP contribution in [0.4, 0.5) is 0 Å². The Labute approximate surface area is 181 Å². The molecular weight excluding hydrogens is 435 g/mol. The molecule has 0 spiro atoms. The molecule has 0 fully saturated rings. The fraction of sp³-hybridized carbons (Fsp3) is 0.905. The Bertz CT molecular complexity index is 387. The summed E-state index contributed by atoms with van der Waals surface area (Å²) in [7, 11) is 0. The number of nitrogens with one attached hydrogen (secondary N) is 1. The van der Waals surface area contributed by atoms with E-state index in [1.165, 1.54) is 13.1 Å². The lowest BCUT2D eigenvalue weighted by atomic mass is 10.1. The number of likely N-dealkylation sites (N-methyl/N-ethyl adjacent to an activating group) is 1. The molecule has 26 heavy (non-hydrogen) atoms. The van der Waals surface area contributed by atoms with Crippen LogP contribution < -0.4 is 28.9 Å². The van der Waals surface area contributed by atoms with Crippen molar-refractivity contribution >= 4 is 0 Å². The Hall–Kier alpha value is 0.150.